The number of carbonyl (C=O) groups excluding carboxylic acids is 1. The maximum atomic E-state index is 12.6. The fraction of sp³-hybridized carbons (Fsp3) is 0.286. The van der Waals surface area contributed by atoms with Gasteiger partial charge in [-0.1, -0.05) is 44.8 Å². The molecule has 0 unspecified atom stereocenters. The van der Waals surface area contributed by atoms with E-state index in [0.29, 0.717) is 34.6 Å². The van der Waals surface area contributed by atoms with Crippen LogP contribution in [0, 0.1) is 13.8 Å². The molecule has 2 aromatic carbocycles. The van der Waals surface area contributed by atoms with Crippen molar-refractivity contribution in [3.8, 4) is 17.1 Å². The first kappa shape index (κ1) is 21.3. The third-order valence-corrected chi connectivity index (χ3v) is 5.63. The van der Waals surface area contributed by atoms with Crippen LogP contribution in [0.4, 0.5) is 0 Å². The van der Waals surface area contributed by atoms with Crippen LogP contribution in [-0.4, -0.2) is 34.1 Å². The third kappa shape index (κ3) is 5.16. The zero-order valence-corrected chi connectivity index (χ0v) is 18.7. The summed E-state index contributed by atoms with van der Waals surface area (Å²) < 4.78 is 12.1. The fourth-order valence-electron chi connectivity index (χ4n) is 2.75. The number of amides is 1. The molecule has 1 heterocycles. The number of benzene rings is 2. The number of likely N-dealkylation sites (N-methyl/N-ethyl adjacent to an activating group) is 1. The lowest BCUT2D eigenvalue weighted by atomic mass is 10.1. The van der Waals surface area contributed by atoms with Gasteiger partial charge < -0.3 is 14.2 Å². The number of hydrogen-bond acceptors (Lipinski definition) is 5. The number of rotatable bonds is 7. The summed E-state index contributed by atoms with van der Waals surface area (Å²) in [4.78, 5) is 18.6. The molecule has 0 aliphatic rings. The fourth-order valence-corrected chi connectivity index (χ4v) is 3.43. The van der Waals surface area contributed by atoms with Gasteiger partial charge in [0.2, 0.25) is 11.7 Å². The third-order valence-electron chi connectivity index (χ3n) is 4.45. The molecule has 1 amide bonds. The Kier molecular flexibility index (Phi) is 6.92. The van der Waals surface area contributed by atoms with Crippen LogP contribution >= 0.6 is 27.5 Å². The predicted octanol–water partition coefficient (Wildman–Crippen LogP) is 5.20. The van der Waals surface area contributed by atoms with Crippen LogP contribution in [0.5, 0.6) is 5.75 Å². The van der Waals surface area contributed by atoms with E-state index < -0.39 is 0 Å². The Bertz CT molecular complexity index is 1020. The lowest BCUT2D eigenvalue weighted by Crippen LogP contribution is -2.34. The van der Waals surface area contributed by atoms with Crippen LogP contribution in [0.3, 0.4) is 0 Å². The van der Waals surface area contributed by atoms with E-state index in [0.717, 1.165) is 15.6 Å². The van der Waals surface area contributed by atoms with Gasteiger partial charge in [0, 0.05) is 16.6 Å². The van der Waals surface area contributed by atoms with Crippen molar-refractivity contribution in [1.29, 1.82) is 0 Å². The molecule has 0 N–H and O–H groups in total. The highest BCUT2D eigenvalue weighted by Crippen LogP contribution is 2.27. The highest BCUT2D eigenvalue weighted by atomic mass is 79.9. The van der Waals surface area contributed by atoms with Gasteiger partial charge >= 0.3 is 0 Å². The van der Waals surface area contributed by atoms with E-state index >= 15 is 0 Å². The van der Waals surface area contributed by atoms with Gasteiger partial charge in [-0.25, -0.2) is 0 Å². The Labute approximate surface area is 182 Å². The molecular weight excluding hydrogens is 458 g/mol. The second-order valence-electron chi connectivity index (χ2n) is 6.56. The number of ether oxygens (including phenoxy) is 1. The molecule has 152 valence electrons. The van der Waals surface area contributed by atoms with Crippen LogP contribution in [-0.2, 0) is 11.3 Å². The molecule has 0 saturated carbocycles. The van der Waals surface area contributed by atoms with Gasteiger partial charge in [0.25, 0.3) is 5.91 Å². The first-order valence-electron chi connectivity index (χ1n) is 9.13. The van der Waals surface area contributed by atoms with Crippen molar-refractivity contribution >= 4 is 33.4 Å². The average Bonchev–Trinajstić information content (AvgIpc) is 3.16. The van der Waals surface area contributed by atoms with Crippen molar-refractivity contribution in [2.24, 2.45) is 0 Å². The van der Waals surface area contributed by atoms with Gasteiger partial charge in [-0.05, 0) is 56.2 Å². The Morgan fingerprint density at radius 2 is 2.00 bits per heavy atom. The van der Waals surface area contributed by atoms with Gasteiger partial charge in [-0.15, -0.1) is 0 Å². The molecular formula is C21H21BrClN3O3. The minimum absolute atomic E-state index is 0.0682. The lowest BCUT2D eigenvalue weighted by molar-refractivity contribution is -0.134. The topological polar surface area (TPSA) is 68.5 Å². The molecule has 0 aliphatic heterocycles. The zero-order valence-electron chi connectivity index (χ0n) is 16.4. The van der Waals surface area contributed by atoms with E-state index in [1.165, 1.54) is 0 Å². The monoisotopic (exact) mass is 477 g/mol. The first-order chi connectivity index (χ1) is 13.9. The molecule has 29 heavy (non-hydrogen) atoms. The minimum Gasteiger partial charge on any atom is -0.483 e. The van der Waals surface area contributed by atoms with Gasteiger partial charge in [0.05, 0.1) is 5.02 Å². The largest absolute Gasteiger partial charge is 0.483 e. The highest BCUT2D eigenvalue weighted by molar-refractivity contribution is 9.10. The molecule has 0 fully saturated rings. The second-order valence-corrected chi connectivity index (χ2v) is 7.82. The summed E-state index contributed by atoms with van der Waals surface area (Å²) in [7, 11) is 0. The summed E-state index contributed by atoms with van der Waals surface area (Å²) in [6.07, 6.45) is 0. The van der Waals surface area contributed by atoms with E-state index in [4.69, 9.17) is 20.9 Å². The van der Waals surface area contributed by atoms with Crippen molar-refractivity contribution in [2.45, 2.75) is 27.3 Å². The number of carbonyl (C=O) groups is 1. The van der Waals surface area contributed by atoms with Crippen LogP contribution in [0.1, 0.15) is 23.9 Å². The van der Waals surface area contributed by atoms with E-state index in [1.54, 1.807) is 11.0 Å². The summed E-state index contributed by atoms with van der Waals surface area (Å²) in [5, 5.41) is 4.51. The Balaban J connectivity index is 1.65. The number of halogens is 2. The van der Waals surface area contributed by atoms with Gasteiger partial charge in [0.1, 0.15) is 12.3 Å². The van der Waals surface area contributed by atoms with Crippen LogP contribution in [0.25, 0.3) is 11.4 Å². The maximum absolute atomic E-state index is 12.6. The molecule has 3 rings (SSSR count). The Morgan fingerprint density at radius 3 is 2.72 bits per heavy atom. The molecule has 0 radical (unpaired) electrons. The Morgan fingerprint density at radius 1 is 1.24 bits per heavy atom. The quantitative estimate of drug-likeness (QED) is 0.467. The van der Waals surface area contributed by atoms with Crippen molar-refractivity contribution in [3.05, 3.63) is 62.9 Å². The summed E-state index contributed by atoms with van der Waals surface area (Å²) >= 11 is 9.67. The molecule has 0 atom stereocenters. The van der Waals surface area contributed by atoms with Crippen molar-refractivity contribution in [1.82, 2.24) is 15.0 Å². The molecule has 1 aromatic heterocycles. The standard InChI is InChI=1S/C21H21BrClN3O3/c1-4-26(20(27)12-28-18-10-13(2)16(22)9-14(18)3)11-19-24-21(25-29-19)15-7-5-6-8-17(15)23/h5-10H,4,11-12H2,1-3H3. The Hall–Kier alpha value is -2.38. The maximum Gasteiger partial charge on any atom is 0.260 e. The molecule has 0 spiro atoms. The van der Waals surface area contributed by atoms with E-state index in [9.17, 15) is 4.79 Å². The predicted molar refractivity (Wildman–Crippen MR) is 115 cm³/mol. The average molecular weight is 479 g/mol. The first-order valence-corrected chi connectivity index (χ1v) is 10.3. The number of nitrogens with zero attached hydrogens (tertiary/aromatic N) is 3. The van der Waals surface area contributed by atoms with E-state index in [1.807, 2.05) is 51.1 Å². The smallest absolute Gasteiger partial charge is 0.260 e. The zero-order chi connectivity index (χ0) is 21.0. The van der Waals surface area contributed by atoms with Crippen LogP contribution in [0.2, 0.25) is 5.02 Å². The minimum atomic E-state index is -0.162. The molecule has 8 heteroatoms. The number of aromatic nitrogens is 2. The van der Waals surface area contributed by atoms with Gasteiger partial charge in [0.15, 0.2) is 6.61 Å². The molecule has 0 aliphatic carbocycles. The van der Waals surface area contributed by atoms with Crippen LogP contribution in [0.15, 0.2) is 45.4 Å². The molecule has 3 aromatic rings. The van der Waals surface area contributed by atoms with Crippen molar-refractivity contribution < 1.29 is 14.1 Å². The molecule has 0 saturated heterocycles. The van der Waals surface area contributed by atoms with E-state index in [2.05, 4.69) is 26.1 Å². The van der Waals surface area contributed by atoms with E-state index in [-0.39, 0.29) is 19.1 Å². The normalized spacial score (nSPS) is 10.8. The highest BCUT2D eigenvalue weighted by Gasteiger charge is 2.18. The summed E-state index contributed by atoms with van der Waals surface area (Å²) in [6, 6.07) is 11.1. The number of hydrogen-bond donors (Lipinski definition) is 0. The molecule has 6 nitrogen and oxygen atoms in total. The summed E-state index contributed by atoms with van der Waals surface area (Å²) in [6.45, 7) is 6.43. The molecule has 0 bridgehead atoms. The number of aryl methyl sites for hydroxylation is 2. The van der Waals surface area contributed by atoms with Gasteiger partial charge in [-0.2, -0.15) is 4.98 Å². The van der Waals surface area contributed by atoms with Crippen molar-refractivity contribution in [3.63, 3.8) is 0 Å². The van der Waals surface area contributed by atoms with Crippen LogP contribution < -0.4 is 4.74 Å². The van der Waals surface area contributed by atoms with Gasteiger partial charge in [-0.3, -0.25) is 4.79 Å². The summed E-state index contributed by atoms with van der Waals surface area (Å²) in [5.74, 6) is 1.26. The van der Waals surface area contributed by atoms with Crippen molar-refractivity contribution in [2.75, 3.05) is 13.2 Å². The lowest BCUT2D eigenvalue weighted by Gasteiger charge is -2.19. The second kappa shape index (κ2) is 9.41. The summed E-state index contributed by atoms with van der Waals surface area (Å²) in [5.41, 5.74) is 2.69. The SMILES string of the molecule is CCN(Cc1nc(-c2ccccc2Cl)no1)C(=O)COc1cc(C)c(Br)cc1C.